The van der Waals surface area contributed by atoms with Gasteiger partial charge in [0.25, 0.3) is 5.91 Å². The molecular weight excluding hydrogens is 421 g/mol. The van der Waals surface area contributed by atoms with Gasteiger partial charge in [-0.2, -0.15) is 18.4 Å². The number of rotatable bonds is 5. The van der Waals surface area contributed by atoms with E-state index in [9.17, 15) is 22.8 Å². The summed E-state index contributed by atoms with van der Waals surface area (Å²) in [7, 11) is 0. The number of nitrogens with zero attached hydrogens (tertiary/aromatic N) is 3. The molecule has 0 spiro atoms. The van der Waals surface area contributed by atoms with Crippen molar-refractivity contribution < 1.29 is 27.5 Å². The van der Waals surface area contributed by atoms with Gasteiger partial charge in [0.05, 0.1) is 23.1 Å². The number of amides is 2. The summed E-state index contributed by atoms with van der Waals surface area (Å²) >= 11 is 1.40. The molecule has 1 aliphatic heterocycles. The molecule has 1 atom stereocenters. The number of hydrogen-bond acceptors (Lipinski definition) is 6. The lowest BCUT2D eigenvalue weighted by molar-refractivity contribution is -0.154. The first-order chi connectivity index (χ1) is 14.3. The van der Waals surface area contributed by atoms with Gasteiger partial charge in [-0.05, 0) is 30.3 Å². The van der Waals surface area contributed by atoms with Crippen molar-refractivity contribution in [2.24, 2.45) is 0 Å². The molecule has 3 rings (SSSR count). The molecule has 0 saturated carbocycles. The third-order valence-electron chi connectivity index (χ3n) is 4.09. The van der Waals surface area contributed by atoms with Gasteiger partial charge in [0.1, 0.15) is 6.04 Å². The van der Waals surface area contributed by atoms with E-state index in [1.165, 1.54) is 28.8 Å². The van der Waals surface area contributed by atoms with E-state index in [0.29, 0.717) is 17.0 Å². The zero-order chi connectivity index (χ0) is 21.7. The van der Waals surface area contributed by atoms with Crippen LogP contribution in [-0.4, -0.2) is 52.2 Å². The molecule has 1 aromatic heterocycles. The van der Waals surface area contributed by atoms with Crippen LogP contribution in [0.5, 0.6) is 5.88 Å². The van der Waals surface area contributed by atoms with Crippen LogP contribution in [0.3, 0.4) is 0 Å². The minimum absolute atomic E-state index is 0.132. The predicted octanol–water partition coefficient (Wildman–Crippen LogP) is 3.05. The SMILES string of the molecule is N#Cc1ccc(NC(=O)C2CSCN2C(=O)c2ccc(OCC(F)(F)F)nc2)cc1. The van der Waals surface area contributed by atoms with E-state index >= 15 is 0 Å². The molecule has 1 fully saturated rings. The summed E-state index contributed by atoms with van der Waals surface area (Å²) < 4.78 is 41.1. The number of anilines is 1. The Hall–Kier alpha value is -3.26. The topological polar surface area (TPSA) is 95.3 Å². The van der Waals surface area contributed by atoms with Gasteiger partial charge in [0.15, 0.2) is 6.61 Å². The summed E-state index contributed by atoms with van der Waals surface area (Å²) in [6.07, 6.45) is -3.37. The molecule has 2 aromatic rings. The molecule has 0 aliphatic carbocycles. The second-order valence-corrected chi connectivity index (χ2v) is 7.26. The molecule has 2 heterocycles. The lowest BCUT2D eigenvalue weighted by Gasteiger charge is -2.23. The quantitative estimate of drug-likeness (QED) is 0.774. The predicted molar refractivity (Wildman–Crippen MR) is 103 cm³/mol. The first-order valence-electron chi connectivity index (χ1n) is 8.62. The Bertz CT molecular complexity index is 959. The van der Waals surface area contributed by atoms with Gasteiger partial charge in [-0.1, -0.05) is 0 Å². The number of aromatic nitrogens is 1. The number of halogens is 3. The first-order valence-corrected chi connectivity index (χ1v) is 9.77. The van der Waals surface area contributed by atoms with Crippen molar-refractivity contribution in [3.05, 3.63) is 53.7 Å². The van der Waals surface area contributed by atoms with Crippen molar-refractivity contribution in [3.8, 4) is 11.9 Å². The molecule has 2 amide bonds. The van der Waals surface area contributed by atoms with Crippen molar-refractivity contribution in [2.45, 2.75) is 12.2 Å². The van der Waals surface area contributed by atoms with E-state index in [4.69, 9.17) is 5.26 Å². The molecule has 1 saturated heterocycles. The minimum Gasteiger partial charge on any atom is -0.468 e. The minimum atomic E-state index is -4.49. The molecular formula is C19H15F3N4O3S. The molecule has 0 bridgehead atoms. The molecule has 30 heavy (non-hydrogen) atoms. The zero-order valence-corrected chi connectivity index (χ0v) is 16.2. The highest BCUT2D eigenvalue weighted by atomic mass is 32.2. The van der Waals surface area contributed by atoms with Crippen LogP contribution in [0.15, 0.2) is 42.6 Å². The number of pyridine rings is 1. The molecule has 156 valence electrons. The van der Waals surface area contributed by atoms with Crippen LogP contribution in [0.4, 0.5) is 18.9 Å². The maximum atomic E-state index is 12.8. The van der Waals surface area contributed by atoms with Crippen LogP contribution < -0.4 is 10.1 Å². The number of hydrogen-bond donors (Lipinski definition) is 1. The van der Waals surface area contributed by atoms with E-state index in [-0.39, 0.29) is 23.2 Å². The maximum Gasteiger partial charge on any atom is 0.422 e. The number of ether oxygens (including phenoxy) is 1. The molecule has 0 radical (unpaired) electrons. The number of alkyl halides is 3. The summed E-state index contributed by atoms with van der Waals surface area (Å²) in [5, 5.41) is 11.5. The Kier molecular flexibility index (Phi) is 6.47. The van der Waals surface area contributed by atoms with Gasteiger partial charge >= 0.3 is 6.18 Å². The van der Waals surface area contributed by atoms with Crippen LogP contribution in [-0.2, 0) is 4.79 Å². The van der Waals surface area contributed by atoms with Gasteiger partial charge in [-0.25, -0.2) is 4.98 Å². The highest BCUT2D eigenvalue weighted by Crippen LogP contribution is 2.25. The van der Waals surface area contributed by atoms with Crippen molar-refractivity contribution in [2.75, 3.05) is 23.6 Å². The smallest absolute Gasteiger partial charge is 0.422 e. The molecule has 1 aromatic carbocycles. The van der Waals surface area contributed by atoms with Crippen LogP contribution in [0.25, 0.3) is 0 Å². The van der Waals surface area contributed by atoms with E-state index in [0.717, 1.165) is 6.20 Å². The van der Waals surface area contributed by atoms with Gasteiger partial charge in [-0.15, -0.1) is 11.8 Å². The average Bonchev–Trinajstić information content (AvgIpc) is 3.22. The Balaban J connectivity index is 1.64. The van der Waals surface area contributed by atoms with Crippen LogP contribution in [0, 0.1) is 11.3 Å². The Morgan fingerprint density at radius 3 is 2.60 bits per heavy atom. The third-order valence-corrected chi connectivity index (χ3v) is 5.11. The zero-order valence-electron chi connectivity index (χ0n) is 15.3. The molecule has 11 heteroatoms. The number of nitriles is 1. The number of benzene rings is 1. The molecule has 1 aliphatic rings. The standard InChI is InChI=1S/C19H15F3N4O3S/c20-19(21,22)10-29-16-6-3-13(8-24-16)18(28)26-11-30-9-15(26)17(27)25-14-4-1-12(7-23)2-5-14/h1-6,8,15H,9-11H2,(H,25,27). The summed E-state index contributed by atoms with van der Waals surface area (Å²) in [6, 6.07) is 10.1. The second-order valence-electron chi connectivity index (χ2n) is 6.26. The average molecular weight is 436 g/mol. The maximum absolute atomic E-state index is 12.8. The molecule has 7 nitrogen and oxygen atoms in total. The van der Waals surface area contributed by atoms with Crippen LogP contribution in [0.2, 0.25) is 0 Å². The fourth-order valence-corrected chi connectivity index (χ4v) is 3.78. The number of thioether (sulfide) groups is 1. The molecule has 1 N–H and O–H groups in total. The Morgan fingerprint density at radius 1 is 1.27 bits per heavy atom. The van der Waals surface area contributed by atoms with Crippen molar-refractivity contribution >= 4 is 29.3 Å². The first kappa shape index (κ1) is 21.4. The summed E-state index contributed by atoms with van der Waals surface area (Å²) in [5.41, 5.74) is 1.08. The fourth-order valence-electron chi connectivity index (χ4n) is 2.63. The highest BCUT2D eigenvalue weighted by Gasteiger charge is 2.35. The number of carbonyl (C=O) groups excluding carboxylic acids is 2. The van der Waals surface area contributed by atoms with E-state index in [2.05, 4.69) is 15.0 Å². The number of carbonyl (C=O) groups is 2. The lowest BCUT2D eigenvalue weighted by Crippen LogP contribution is -2.44. The molecule has 1 unspecified atom stereocenters. The fraction of sp³-hybridized carbons (Fsp3) is 0.263. The largest absolute Gasteiger partial charge is 0.468 e. The normalized spacial score (nSPS) is 16.1. The lowest BCUT2D eigenvalue weighted by atomic mass is 10.2. The third kappa shape index (κ3) is 5.42. The van der Waals surface area contributed by atoms with Crippen molar-refractivity contribution in [1.29, 1.82) is 5.26 Å². The van der Waals surface area contributed by atoms with E-state index in [1.807, 2.05) is 6.07 Å². The number of nitrogens with one attached hydrogen (secondary N) is 1. The summed E-state index contributed by atoms with van der Waals surface area (Å²) in [6.45, 7) is -1.48. The van der Waals surface area contributed by atoms with Crippen LogP contribution >= 0.6 is 11.8 Å². The van der Waals surface area contributed by atoms with Gasteiger partial charge in [0.2, 0.25) is 11.8 Å². The van der Waals surface area contributed by atoms with E-state index in [1.54, 1.807) is 24.3 Å². The monoisotopic (exact) mass is 436 g/mol. The van der Waals surface area contributed by atoms with E-state index < -0.39 is 24.7 Å². The van der Waals surface area contributed by atoms with Crippen molar-refractivity contribution in [1.82, 2.24) is 9.88 Å². The summed E-state index contributed by atoms with van der Waals surface area (Å²) in [5.74, 6) is -0.411. The Labute approximate surface area is 173 Å². The highest BCUT2D eigenvalue weighted by molar-refractivity contribution is 7.99. The van der Waals surface area contributed by atoms with Crippen molar-refractivity contribution in [3.63, 3.8) is 0 Å². The van der Waals surface area contributed by atoms with Gasteiger partial charge in [0, 0.05) is 23.7 Å². The Morgan fingerprint density at radius 2 is 2.00 bits per heavy atom. The summed E-state index contributed by atoms with van der Waals surface area (Å²) in [4.78, 5) is 30.5. The van der Waals surface area contributed by atoms with Gasteiger partial charge < -0.3 is 15.0 Å². The van der Waals surface area contributed by atoms with Gasteiger partial charge in [-0.3, -0.25) is 9.59 Å². The second kappa shape index (κ2) is 9.04. The van der Waals surface area contributed by atoms with Crippen LogP contribution in [0.1, 0.15) is 15.9 Å².